The van der Waals surface area contributed by atoms with Crippen molar-refractivity contribution in [2.75, 3.05) is 58.6 Å². The van der Waals surface area contributed by atoms with Crippen LogP contribution in [-0.4, -0.2) is 120 Å². The molecule has 41 heavy (non-hydrogen) atoms. The maximum atomic E-state index is 13.1. The number of amides is 4. The number of aromatic nitrogens is 1. The van der Waals surface area contributed by atoms with Crippen LogP contribution in [0.15, 0.2) is 22.1 Å². The Kier molecular flexibility index (Phi) is 10.6. The minimum atomic E-state index is -0.788. The third-order valence-corrected chi connectivity index (χ3v) is 8.26. The summed E-state index contributed by atoms with van der Waals surface area (Å²) in [6.45, 7) is 6.18. The summed E-state index contributed by atoms with van der Waals surface area (Å²) in [6.07, 6.45) is 1.80. The molecule has 0 radical (unpaired) electrons. The molecule has 1 aromatic rings. The molecule has 2 unspecified atom stereocenters. The van der Waals surface area contributed by atoms with E-state index in [1.54, 1.807) is 19.2 Å². The van der Waals surface area contributed by atoms with Crippen LogP contribution in [0, 0.1) is 0 Å². The monoisotopic (exact) mass is 608 g/mol. The molecule has 2 atom stereocenters. The molecule has 3 aliphatic rings. The summed E-state index contributed by atoms with van der Waals surface area (Å²) >= 11 is 12.4. The number of urea groups is 1. The first-order valence-electron chi connectivity index (χ1n) is 13.9. The predicted molar refractivity (Wildman–Crippen MR) is 160 cm³/mol. The molecule has 4 heterocycles. The van der Waals surface area contributed by atoms with Crippen molar-refractivity contribution in [2.45, 2.75) is 50.9 Å². The second kappa shape index (κ2) is 14.1. The molecular weight excluding hydrogens is 571 g/mol. The van der Waals surface area contributed by atoms with Crippen LogP contribution < -0.4 is 21.7 Å². The van der Waals surface area contributed by atoms with E-state index < -0.39 is 12.2 Å². The number of rotatable bonds is 5. The van der Waals surface area contributed by atoms with Crippen molar-refractivity contribution in [3.63, 3.8) is 0 Å². The number of nitrogens with one attached hydrogen (secondary N) is 3. The van der Waals surface area contributed by atoms with Crippen molar-refractivity contribution >= 4 is 57.9 Å². The van der Waals surface area contributed by atoms with Crippen molar-refractivity contribution in [3.05, 3.63) is 22.8 Å². The largest absolute Gasteiger partial charge is 0.383 e. The van der Waals surface area contributed by atoms with Crippen LogP contribution in [0.2, 0.25) is 5.15 Å². The molecule has 13 nitrogen and oxygen atoms in total. The molecule has 0 aliphatic carbocycles. The van der Waals surface area contributed by atoms with Crippen LogP contribution in [0.3, 0.4) is 0 Å². The van der Waals surface area contributed by atoms with Crippen LogP contribution in [0.25, 0.3) is 0 Å². The van der Waals surface area contributed by atoms with Crippen molar-refractivity contribution in [3.8, 4) is 0 Å². The number of hydrogen-bond acceptors (Lipinski definition) is 8. The van der Waals surface area contributed by atoms with Crippen LogP contribution in [0.4, 0.5) is 10.6 Å². The highest BCUT2D eigenvalue weighted by molar-refractivity contribution is 6.83. The Morgan fingerprint density at radius 1 is 1.12 bits per heavy atom. The maximum absolute atomic E-state index is 13.1. The number of carbonyl (C=O) groups is 3. The first kappa shape index (κ1) is 30.8. The number of carbonyl (C=O) groups excluding carboxylic acids is 3. The highest BCUT2D eigenvalue weighted by atomic mass is 35.5. The number of anilines is 1. The Labute approximate surface area is 249 Å². The van der Waals surface area contributed by atoms with Gasteiger partial charge in [-0.2, -0.15) is 0 Å². The van der Waals surface area contributed by atoms with Gasteiger partial charge in [-0.3, -0.25) is 19.5 Å². The zero-order valence-electron chi connectivity index (χ0n) is 23.4. The van der Waals surface area contributed by atoms with Gasteiger partial charge in [-0.1, -0.05) is 30.1 Å². The maximum Gasteiger partial charge on any atom is 0.316 e. The van der Waals surface area contributed by atoms with E-state index in [2.05, 4.69) is 42.7 Å². The molecule has 3 aliphatic heterocycles. The molecule has 4 rings (SSSR count). The van der Waals surface area contributed by atoms with Crippen molar-refractivity contribution in [1.82, 2.24) is 35.6 Å². The second-order valence-corrected chi connectivity index (χ2v) is 11.0. The number of hydrogen-bond donors (Lipinski definition) is 4. The molecule has 4 amide bonds. The number of piperazine rings is 1. The number of amidine groups is 1. The number of nitrogens with two attached hydrogens (primary N) is 1. The van der Waals surface area contributed by atoms with E-state index in [0.717, 1.165) is 25.8 Å². The van der Waals surface area contributed by atoms with Gasteiger partial charge < -0.3 is 31.5 Å². The minimum absolute atomic E-state index is 0.00297. The third-order valence-electron chi connectivity index (χ3n) is 7.71. The Bertz CT molecular complexity index is 1170. The standard InChI is InChI=1S/C26H38Cl2N10O3/c1-3-16-15-37(24(22(28)30-2)34-20-14-21(39)31-8-9-32-26(41)35-20)12-13-38(16)17-6-10-36(11-7-17)25(40)18-4-5-19(27)33-23(18)29/h4-5,16-17,20H,3,6-15H2,1-2H3,(H2,29,33)(H,31,39)(H2,32,35,41)/b30-22?,34-24+. The second-order valence-electron chi connectivity index (χ2n) is 10.3. The summed E-state index contributed by atoms with van der Waals surface area (Å²) in [5.41, 5.74) is 6.32. The highest BCUT2D eigenvalue weighted by Crippen LogP contribution is 2.26. The van der Waals surface area contributed by atoms with Gasteiger partial charge in [0.15, 0.2) is 11.0 Å². The summed E-state index contributed by atoms with van der Waals surface area (Å²) in [6, 6.07) is 3.36. The third kappa shape index (κ3) is 7.77. The van der Waals surface area contributed by atoms with E-state index in [0.29, 0.717) is 56.7 Å². The SMILES string of the molecule is CCC1CN(/C(=N/C2CC(=O)NCCNC(=O)N2)C(Cl)=NC)CCN1C1CCN(C(=O)c2ccc(Cl)nc2N)CC1. The van der Waals surface area contributed by atoms with Crippen molar-refractivity contribution in [2.24, 2.45) is 9.98 Å². The zero-order chi connectivity index (χ0) is 29.5. The Hall–Kier alpha value is -3.16. The molecule has 15 heteroatoms. The Balaban J connectivity index is 1.42. The molecule has 3 fully saturated rings. The molecule has 0 saturated carbocycles. The summed E-state index contributed by atoms with van der Waals surface area (Å²) in [7, 11) is 1.59. The molecule has 1 aromatic heterocycles. The number of nitrogens with zero attached hydrogens (tertiary/aromatic N) is 6. The summed E-state index contributed by atoms with van der Waals surface area (Å²) < 4.78 is 0. The number of likely N-dealkylation sites (tertiary alicyclic amines) is 1. The van der Waals surface area contributed by atoms with Gasteiger partial charge in [0.05, 0.1) is 12.0 Å². The molecule has 3 saturated heterocycles. The van der Waals surface area contributed by atoms with Crippen LogP contribution in [0.1, 0.15) is 43.0 Å². The van der Waals surface area contributed by atoms with Crippen LogP contribution in [-0.2, 0) is 4.79 Å². The zero-order valence-corrected chi connectivity index (χ0v) is 24.9. The van der Waals surface area contributed by atoms with Gasteiger partial charge in [0.25, 0.3) is 5.91 Å². The van der Waals surface area contributed by atoms with Gasteiger partial charge in [-0.05, 0) is 31.4 Å². The topological polar surface area (TPSA) is 161 Å². The van der Waals surface area contributed by atoms with Crippen molar-refractivity contribution < 1.29 is 14.4 Å². The minimum Gasteiger partial charge on any atom is -0.383 e. The number of piperidine rings is 1. The lowest BCUT2D eigenvalue weighted by atomic mass is 9.97. The molecule has 0 aromatic carbocycles. The van der Waals surface area contributed by atoms with E-state index >= 15 is 0 Å². The molecule has 5 N–H and O–H groups in total. The van der Waals surface area contributed by atoms with Gasteiger partial charge in [0.1, 0.15) is 17.1 Å². The number of halogens is 2. The molecule has 0 spiro atoms. The Morgan fingerprint density at radius 3 is 2.54 bits per heavy atom. The quantitative estimate of drug-likeness (QED) is 0.221. The number of aliphatic imine (C=N–C) groups is 2. The lowest BCUT2D eigenvalue weighted by Crippen LogP contribution is -2.60. The average molecular weight is 610 g/mol. The van der Waals surface area contributed by atoms with Gasteiger partial charge >= 0.3 is 6.03 Å². The van der Waals surface area contributed by atoms with E-state index in [-0.39, 0.29) is 40.4 Å². The molecular formula is C26H38Cl2N10O3. The first-order valence-corrected chi connectivity index (χ1v) is 14.7. The highest BCUT2D eigenvalue weighted by Gasteiger charge is 2.36. The normalized spacial score (nSPS) is 24.1. The smallest absolute Gasteiger partial charge is 0.316 e. The first-order chi connectivity index (χ1) is 19.7. The summed E-state index contributed by atoms with van der Waals surface area (Å²) in [5.74, 6) is 0.268. The van der Waals surface area contributed by atoms with Gasteiger partial charge in [0.2, 0.25) is 5.91 Å². The van der Waals surface area contributed by atoms with Gasteiger partial charge in [-0.25, -0.2) is 14.8 Å². The van der Waals surface area contributed by atoms with Gasteiger partial charge in [0, 0.05) is 64.9 Å². The van der Waals surface area contributed by atoms with Crippen molar-refractivity contribution in [1.29, 1.82) is 0 Å². The number of nitrogen functional groups attached to an aromatic ring is 1. The van der Waals surface area contributed by atoms with Gasteiger partial charge in [-0.15, -0.1) is 0 Å². The van der Waals surface area contributed by atoms with E-state index in [1.807, 2.05) is 4.90 Å². The Morgan fingerprint density at radius 2 is 1.85 bits per heavy atom. The average Bonchev–Trinajstić information content (AvgIpc) is 3.04. The summed E-state index contributed by atoms with van der Waals surface area (Å²) in [5, 5.41) is 8.70. The van der Waals surface area contributed by atoms with E-state index in [4.69, 9.17) is 33.9 Å². The fourth-order valence-electron chi connectivity index (χ4n) is 5.58. The van der Waals surface area contributed by atoms with E-state index in [9.17, 15) is 14.4 Å². The lowest BCUT2D eigenvalue weighted by molar-refractivity contribution is -0.121. The van der Waals surface area contributed by atoms with E-state index in [1.165, 1.54) is 0 Å². The number of pyridine rings is 1. The molecule has 224 valence electrons. The van der Waals surface area contributed by atoms with Crippen LogP contribution in [0.5, 0.6) is 0 Å². The fraction of sp³-hybridized carbons (Fsp3) is 0.615. The predicted octanol–water partition coefficient (Wildman–Crippen LogP) is 1.13. The summed E-state index contributed by atoms with van der Waals surface area (Å²) in [4.78, 5) is 56.9. The molecule has 0 bridgehead atoms. The fourth-order valence-corrected chi connectivity index (χ4v) is 5.90. The van der Waals surface area contributed by atoms with Crippen LogP contribution >= 0.6 is 23.2 Å². The lowest BCUT2D eigenvalue weighted by Gasteiger charge is -2.48.